The molecule has 1 aromatic carbocycles. The number of aryl methyl sites for hydroxylation is 3. The second-order valence-electron chi connectivity index (χ2n) is 5.12. The predicted molar refractivity (Wildman–Crippen MR) is 84.6 cm³/mol. The summed E-state index contributed by atoms with van der Waals surface area (Å²) < 4.78 is 1.84. The number of anilines is 1. The van der Waals surface area contributed by atoms with Gasteiger partial charge in [0.15, 0.2) is 5.43 Å². The molecule has 4 nitrogen and oxygen atoms in total. The maximum Gasteiger partial charge on any atom is 0.244 e. The Hall–Kier alpha value is -2.36. The van der Waals surface area contributed by atoms with Crippen molar-refractivity contribution in [2.75, 3.05) is 5.32 Å². The zero-order valence-corrected chi connectivity index (χ0v) is 12.6. The van der Waals surface area contributed by atoms with Crippen molar-refractivity contribution in [3.8, 4) is 0 Å². The van der Waals surface area contributed by atoms with Gasteiger partial charge in [0.1, 0.15) is 6.54 Å². The van der Waals surface area contributed by atoms with Gasteiger partial charge in [-0.3, -0.25) is 9.59 Å². The number of hydrogen-bond donors (Lipinski definition) is 1. The van der Waals surface area contributed by atoms with Crippen LogP contribution in [0.15, 0.2) is 41.2 Å². The van der Waals surface area contributed by atoms with E-state index in [0.717, 1.165) is 29.1 Å². The Bertz CT molecular complexity index is 691. The third-order valence-corrected chi connectivity index (χ3v) is 3.53. The second kappa shape index (κ2) is 6.39. The van der Waals surface area contributed by atoms with Crippen LogP contribution in [0.25, 0.3) is 0 Å². The number of aromatic nitrogens is 1. The van der Waals surface area contributed by atoms with Gasteiger partial charge in [0.2, 0.25) is 5.91 Å². The molecule has 0 aliphatic heterocycles. The number of para-hydroxylation sites is 1. The van der Waals surface area contributed by atoms with Crippen molar-refractivity contribution in [2.45, 2.75) is 33.7 Å². The maximum absolute atomic E-state index is 12.2. The zero-order valence-electron chi connectivity index (χ0n) is 12.6. The van der Waals surface area contributed by atoms with Gasteiger partial charge in [0.05, 0.1) is 0 Å². The molecule has 0 unspecified atom stereocenters. The molecule has 0 saturated heterocycles. The van der Waals surface area contributed by atoms with Crippen molar-refractivity contribution >= 4 is 11.6 Å². The molecule has 0 fully saturated rings. The maximum atomic E-state index is 12.2. The highest BCUT2D eigenvalue weighted by atomic mass is 16.2. The van der Waals surface area contributed by atoms with Gasteiger partial charge in [-0.1, -0.05) is 25.1 Å². The van der Waals surface area contributed by atoms with Crippen molar-refractivity contribution < 1.29 is 4.79 Å². The van der Waals surface area contributed by atoms with Crippen molar-refractivity contribution in [1.82, 2.24) is 4.57 Å². The Balaban J connectivity index is 2.18. The molecule has 1 N–H and O–H groups in total. The molecule has 1 aromatic heterocycles. The summed E-state index contributed by atoms with van der Waals surface area (Å²) in [5.74, 6) is -0.0919. The fourth-order valence-corrected chi connectivity index (χ4v) is 2.42. The van der Waals surface area contributed by atoms with Crippen LogP contribution in [0.3, 0.4) is 0 Å². The average Bonchev–Trinajstić information content (AvgIpc) is 2.43. The normalized spacial score (nSPS) is 10.4. The highest BCUT2D eigenvalue weighted by Gasteiger charge is 2.09. The third kappa shape index (κ3) is 3.60. The van der Waals surface area contributed by atoms with E-state index in [2.05, 4.69) is 12.2 Å². The lowest BCUT2D eigenvalue weighted by atomic mass is 10.1. The summed E-state index contributed by atoms with van der Waals surface area (Å²) in [6.45, 7) is 5.93. The Morgan fingerprint density at radius 1 is 1.14 bits per heavy atom. The van der Waals surface area contributed by atoms with Crippen LogP contribution in [0.4, 0.5) is 5.69 Å². The number of carbonyl (C=O) groups is 1. The Morgan fingerprint density at radius 2 is 1.76 bits per heavy atom. The van der Waals surface area contributed by atoms with Crippen LogP contribution < -0.4 is 10.7 Å². The number of pyridine rings is 1. The van der Waals surface area contributed by atoms with E-state index in [-0.39, 0.29) is 17.9 Å². The summed E-state index contributed by atoms with van der Waals surface area (Å²) in [5, 5.41) is 2.94. The number of carbonyl (C=O) groups excluding carboxylic acids is 1. The molecule has 2 aromatic rings. The number of hydrogen-bond acceptors (Lipinski definition) is 2. The van der Waals surface area contributed by atoms with E-state index in [9.17, 15) is 9.59 Å². The Morgan fingerprint density at radius 3 is 2.38 bits per heavy atom. The molecular weight excluding hydrogens is 264 g/mol. The lowest BCUT2D eigenvalue weighted by Gasteiger charge is -2.15. The number of rotatable bonds is 4. The van der Waals surface area contributed by atoms with Gasteiger partial charge in [-0.05, 0) is 31.9 Å². The summed E-state index contributed by atoms with van der Waals surface area (Å²) in [7, 11) is 0. The predicted octanol–water partition coefficient (Wildman–Crippen LogP) is 2.67. The Kier molecular flexibility index (Phi) is 4.58. The molecule has 0 spiro atoms. The van der Waals surface area contributed by atoms with Gasteiger partial charge < -0.3 is 9.88 Å². The van der Waals surface area contributed by atoms with Gasteiger partial charge in [-0.15, -0.1) is 0 Å². The van der Waals surface area contributed by atoms with Crippen molar-refractivity contribution in [1.29, 1.82) is 0 Å². The lowest BCUT2D eigenvalue weighted by Crippen LogP contribution is -2.23. The molecule has 0 bridgehead atoms. The van der Waals surface area contributed by atoms with Gasteiger partial charge in [-0.2, -0.15) is 0 Å². The molecule has 0 saturated carbocycles. The van der Waals surface area contributed by atoms with Crippen LogP contribution in [0.1, 0.15) is 23.9 Å². The minimum Gasteiger partial charge on any atom is -0.340 e. The van der Waals surface area contributed by atoms with Crippen LogP contribution in [0.5, 0.6) is 0 Å². The summed E-state index contributed by atoms with van der Waals surface area (Å²) in [4.78, 5) is 23.6. The van der Waals surface area contributed by atoms with Gasteiger partial charge in [0, 0.05) is 29.2 Å². The van der Waals surface area contributed by atoms with Crippen LogP contribution in [0, 0.1) is 13.8 Å². The molecule has 1 heterocycles. The summed E-state index contributed by atoms with van der Waals surface area (Å²) in [6, 6.07) is 10.9. The first-order chi connectivity index (χ1) is 10.0. The van der Waals surface area contributed by atoms with E-state index in [1.54, 1.807) is 12.1 Å². The molecule has 0 aliphatic rings. The summed E-state index contributed by atoms with van der Waals surface area (Å²) >= 11 is 0. The topological polar surface area (TPSA) is 51.1 Å². The number of benzene rings is 1. The summed E-state index contributed by atoms with van der Waals surface area (Å²) in [6.07, 6.45) is 0.868. The minimum atomic E-state index is -0.0919. The van der Waals surface area contributed by atoms with E-state index in [1.807, 2.05) is 42.7 Å². The molecule has 2 rings (SSSR count). The molecule has 1 amide bonds. The minimum absolute atomic E-state index is 0.0296. The Labute approximate surface area is 124 Å². The zero-order chi connectivity index (χ0) is 15.4. The van der Waals surface area contributed by atoms with E-state index in [1.165, 1.54) is 0 Å². The van der Waals surface area contributed by atoms with Gasteiger partial charge in [0.25, 0.3) is 0 Å². The molecule has 21 heavy (non-hydrogen) atoms. The highest BCUT2D eigenvalue weighted by Crippen LogP contribution is 2.15. The molecule has 4 heteroatoms. The number of nitrogens with zero attached hydrogens (tertiary/aromatic N) is 1. The van der Waals surface area contributed by atoms with Crippen molar-refractivity contribution in [3.05, 3.63) is 63.6 Å². The standard InChI is InChI=1S/C17H20N2O2/c1-4-14-7-5-6-8-16(14)18-17(21)11-19-12(2)9-15(20)10-13(19)3/h5-10H,4,11H2,1-3H3,(H,18,21). The largest absolute Gasteiger partial charge is 0.340 e. The molecule has 110 valence electrons. The van der Waals surface area contributed by atoms with Crippen molar-refractivity contribution in [3.63, 3.8) is 0 Å². The van der Waals surface area contributed by atoms with Crippen molar-refractivity contribution in [2.24, 2.45) is 0 Å². The first-order valence-electron chi connectivity index (χ1n) is 7.07. The molecule has 0 radical (unpaired) electrons. The third-order valence-electron chi connectivity index (χ3n) is 3.53. The fraction of sp³-hybridized carbons (Fsp3) is 0.294. The van der Waals surface area contributed by atoms with E-state index < -0.39 is 0 Å². The monoisotopic (exact) mass is 284 g/mol. The number of nitrogens with one attached hydrogen (secondary N) is 1. The second-order valence-corrected chi connectivity index (χ2v) is 5.12. The first kappa shape index (κ1) is 15.0. The highest BCUT2D eigenvalue weighted by molar-refractivity contribution is 5.91. The molecule has 0 atom stereocenters. The van der Waals surface area contributed by atoms with Crippen LogP contribution >= 0.6 is 0 Å². The smallest absolute Gasteiger partial charge is 0.244 e. The van der Waals surface area contributed by atoms with Crippen LogP contribution in [-0.2, 0) is 17.8 Å². The quantitative estimate of drug-likeness (QED) is 0.938. The van der Waals surface area contributed by atoms with Gasteiger partial charge in [-0.25, -0.2) is 0 Å². The van der Waals surface area contributed by atoms with E-state index in [0.29, 0.717) is 0 Å². The molecule has 0 aliphatic carbocycles. The number of amides is 1. The van der Waals surface area contributed by atoms with E-state index >= 15 is 0 Å². The first-order valence-corrected chi connectivity index (χ1v) is 7.07. The van der Waals surface area contributed by atoms with Crippen LogP contribution in [-0.4, -0.2) is 10.5 Å². The SMILES string of the molecule is CCc1ccccc1NC(=O)Cn1c(C)cc(=O)cc1C. The molecular formula is C17H20N2O2. The van der Waals surface area contributed by atoms with Crippen LogP contribution in [0.2, 0.25) is 0 Å². The average molecular weight is 284 g/mol. The van der Waals surface area contributed by atoms with E-state index in [4.69, 9.17) is 0 Å². The fourth-order valence-electron chi connectivity index (χ4n) is 2.42. The van der Waals surface area contributed by atoms with Gasteiger partial charge >= 0.3 is 0 Å². The summed E-state index contributed by atoms with van der Waals surface area (Å²) in [5.41, 5.74) is 3.51. The lowest BCUT2D eigenvalue weighted by molar-refractivity contribution is -0.116.